The van der Waals surface area contributed by atoms with E-state index in [1.807, 2.05) is 25.1 Å². The van der Waals surface area contributed by atoms with Crippen LogP contribution in [0, 0.1) is 5.92 Å². The second-order valence-electron chi connectivity index (χ2n) is 5.77. The van der Waals surface area contributed by atoms with Gasteiger partial charge in [0.15, 0.2) is 5.96 Å². The molecule has 0 aliphatic heterocycles. The van der Waals surface area contributed by atoms with Gasteiger partial charge in [0.2, 0.25) is 0 Å². The Morgan fingerprint density at radius 3 is 2.58 bits per heavy atom. The third-order valence-corrected chi connectivity index (χ3v) is 3.24. The smallest absolute Gasteiger partial charge is 0.191 e. The number of guanidine groups is 1. The van der Waals surface area contributed by atoms with Gasteiger partial charge in [0.25, 0.3) is 0 Å². The molecular weight excluding hydrogens is 306 g/mol. The average Bonchev–Trinajstić information content (AvgIpc) is 2.58. The third-order valence-electron chi connectivity index (χ3n) is 3.24. The molecule has 6 nitrogen and oxygen atoms in total. The second kappa shape index (κ2) is 11.6. The van der Waals surface area contributed by atoms with Crippen LogP contribution >= 0.6 is 0 Å². The minimum Gasteiger partial charge on any atom is -0.497 e. The number of nitrogens with one attached hydrogen (secondary N) is 2. The van der Waals surface area contributed by atoms with Crippen LogP contribution in [0.5, 0.6) is 11.5 Å². The first-order chi connectivity index (χ1) is 11.6. The van der Waals surface area contributed by atoms with Crippen molar-refractivity contribution in [2.45, 2.75) is 27.3 Å². The molecule has 0 heterocycles. The van der Waals surface area contributed by atoms with Crippen molar-refractivity contribution >= 4 is 5.96 Å². The van der Waals surface area contributed by atoms with Crippen LogP contribution in [0.3, 0.4) is 0 Å². The lowest BCUT2D eigenvalue weighted by molar-refractivity contribution is 0.114. The Labute approximate surface area is 145 Å². The molecule has 24 heavy (non-hydrogen) atoms. The highest BCUT2D eigenvalue weighted by Gasteiger charge is 2.05. The van der Waals surface area contributed by atoms with Crippen LogP contribution in [0.1, 0.15) is 26.3 Å². The van der Waals surface area contributed by atoms with Gasteiger partial charge in [-0.05, 0) is 25.0 Å². The van der Waals surface area contributed by atoms with Gasteiger partial charge < -0.3 is 24.8 Å². The molecule has 0 saturated carbocycles. The highest BCUT2D eigenvalue weighted by Crippen LogP contribution is 2.25. The summed E-state index contributed by atoms with van der Waals surface area (Å²) in [6, 6.07) is 5.74. The normalized spacial score (nSPS) is 11.5. The zero-order chi connectivity index (χ0) is 17.8. The summed E-state index contributed by atoms with van der Waals surface area (Å²) in [5.41, 5.74) is 1.01. The molecule has 1 aromatic carbocycles. The molecule has 0 atom stereocenters. The number of rotatable bonds is 10. The Morgan fingerprint density at radius 1 is 1.17 bits per heavy atom. The number of methoxy groups -OCH3 is 2. The molecule has 2 N–H and O–H groups in total. The summed E-state index contributed by atoms with van der Waals surface area (Å²) in [6.45, 7) is 9.81. The minimum absolute atomic E-state index is 0.523. The fraction of sp³-hybridized carbons (Fsp3) is 0.611. The summed E-state index contributed by atoms with van der Waals surface area (Å²) in [5.74, 6) is 2.86. The molecule has 1 aromatic rings. The van der Waals surface area contributed by atoms with Gasteiger partial charge >= 0.3 is 0 Å². The number of benzene rings is 1. The Kier molecular flexibility index (Phi) is 9.68. The van der Waals surface area contributed by atoms with E-state index in [0.29, 0.717) is 19.1 Å². The zero-order valence-corrected chi connectivity index (χ0v) is 15.5. The van der Waals surface area contributed by atoms with Gasteiger partial charge in [0.1, 0.15) is 11.5 Å². The van der Waals surface area contributed by atoms with Crippen molar-refractivity contribution in [2.75, 3.05) is 40.5 Å². The molecule has 0 unspecified atom stereocenters. The third kappa shape index (κ3) is 7.55. The molecule has 0 amide bonds. The summed E-state index contributed by atoms with van der Waals surface area (Å²) in [4.78, 5) is 4.60. The van der Waals surface area contributed by atoms with E-state index in [1.165, 1.54) is 0 Å². The van der Waals surface area contributed by atoms with E-state index in [2.05, 4.69) is 29.5 Å². The van der Waals surface area contributed by atoms with Crippen LogP contribution in [0.15, 0.2) is 23.2 Å². The Bertz CT molecular complexity index is 504. The number of hydrogen-bond acceptors (Lipinski definition) is 4. The van der Waals surface area contributed by atoms with Crippen molar-refractivity contribution in [2.24, 2.45) is 10.9 Å². The second-order valence-corrected chi connectivity index (χ2v) is 5.77. The first kappa shape index (κ1) is 20.1. The average molecular weight is 337 g/mol. The van der Waals surface area contributed by atoms with E-state index < -0.39 is 0 Å². The Morgan fingerprint density at radius 2 is 1.96 bits per heavy atom. The highest BCUT2D eigenvalue weighted by atomic mass is 16.5. The van der Waals surface area contributed by atoms with Crippen LogP contribution in [0.25, 0.3) is 0 Å². The van der Waals surface area contributed by atoms with E-state index in [-0.39, 0.29) is 0 Å². The number of aliphatic imine (C=N–C) groups is 1. The monoisotopic (exact) mass is 337 g/mol. The molecule has 0 aliphatic rings. The van der Waals surface area contributed by atoms with Crippen LogP contribution < -0.4 is 20.1 Å². The maximum Gasteiger partial charge on any atom is 0.191 e. The SMILES string of the molecule is CCNC(=NCc1ccc(OC)cc1OC)NCCOCC(C)C. The lowest BCUT2D eigenvalue weighted by atomic mass is 10.2. The summed E-state index contributed by atoms with van der Waals surface area (Å²) in [5, 5.41) is 6.50. The highest BCUT2D eigenvalue weighted by molar-refractivity contribution is 5.79. The molecule has 0 spiro atoms. The van der Waals surface area contributed by atoms with Crippen molar-refractivity contribution in [1.82, 2.24) is 10.6 Å². The van der Waals surface area contributed by atoms with Gasteiger partial charge in [-0.1, -0.05) is 13.8 Å². The van der Waals surface area contributed by atoms with Crippen LogP contribution in [0.4, 0.5) is 0 Å². The largest absolute Gasteiger partial charge is 0.497 e. The van der Waals surface area contributed by atoms with E-state index in [1.54, 1.807) is 14.2 Å². The summed E-state index contributed by atoms with van der Waals surface area (Å²) in [7, 11) is 3.29. The maximum absolute atomic E-state index is 5.57. The predicted molar refractivity (Wildman–Crippen MR) is 98.0 cm³/mol. The summed E-state index contributed by atoms with van der Waals surface area (Å²) in [6.07, 6.45) is 0. The van der Waals surface area contributed by atoms with E-state index in [4.69, 9.17) is 14.2 Å². The van der Waals surface area contributed by atoms with Gasteiger partial charge in [-0.2, -0.15) is 0 Å². The molecule has 0 fully saturated rings. The van der Waals surface area contributed by atoms with Gasteiger partial charge in [-0.25, -0.2) is 4.99 Å². The Balaban J connectivity index is 2.58. The maximum atomic E-state index is 5.57. The topological polar surface area (TPSA) is 64.1 Å². The van der Waals surface area contributed by atoms with Crippen molar-refractivity contribution in [3.05, 3.63) is 23.8 Å². The molecule has 1 rings (SSSR count). The first-order valence-corrected chi connectivity index (χ1v) is 8.41. The minimum atomic E-state index is 0.523. The van der Waals surface area contributed by atoms with Crippen LogP contribution in [-0.4, -0.2) is 46.5 Å². The van der Waals surface area contributed by atoms with Gasteiger partial charge in [-0.15, -0.1) is 0 Å². The number of ether oxygens (including phenoxy) is 3. The van der Waals surface area contributed by atoms with Crippen LogP contribution in [-0.2, 0) is 11.3 Å². The molecule has 6 heteroatoms. The molecule has 0 saturated heterocycles. The van der Waals surface area contributed by atoms with E-state index >= 15 is 0 Å². The molecular formula is C18H31N3O3. The van der Waals surface area contributed by atoms with Gasteiger partial charge in [-0.3, -0.25) is 0 Å². The van der Waals surface area contributed by atoms with Crippen molar-refractivity contribution < 1.29 is 14.2 Å². The molecule has 136 valence electrons. The first-order valence-electron chi connectivity index (χ1n) is 8.41. The molecule has 0 aliphatic carbocycles. The lowest BCUT2D eigenvalue weighted by Gasteiger charge is -2.13. The number of hydrogen-bond donors (Lipinski definition) is 2. The van der Waals surface area contributed by atoms with Gasteiger partial charge in [0, 0.05) is 31.3 Å². The summed E-state index contributed by atoms with van der Waals surface area (Å²) >= 11 is 0. The Hall–Kier alpha value is -1.95. The van der Waals surface area contributed by atoms with E-state index in [0.717, 1.165) is 42.7 Å². The van der Waals surface area contributed by atoms with E-state index in [9.17, 15) is 0 Å². The van der Waals surface area contributed by atoms with Crippen molar-refractivity contribution in [3.63, 3.8) is 0 Å². The van der Waals surface area contributed by atoms with Crippen molar-refractivity contribution in [1.29, 1.82) is 0 Å². The van der Waals surface area contributed by atoms with Crippen LogP contribution in [0.2, 0.25) is 0 Å². The molecule has 0 radical (unpaired) electrons. The summed E-state index contributed by atoms with van der Waals surface area (Å²) < 4.78 is 16.2. The zero-order valence-electron chi connectivity index (χ0n) is 15.5. The molecule has 0 bridgehead atoms. The quantitative estimate of drug-likeness (QED) is 0.390. The molecule has 0 aromatic heterocycles. The van der Waals surface area contributed by atoms with Gasteiger partial charge in [0.05, 0.1) is 27.4 Å². The standard InChI is InChI=1S/C18H31N3O3/c1-6-19-18(20-9-10-24-13-14(2)3)21-12-15-7-8-16(22-4)11-17(15)23-5/h7-8,11,14H,6,9-10,12-13H2,1-5H3,(H2,19,20,21). The fourth-order valence-corrected chi connectivity index (χ4v) is 2.05. The fourth-order valence-electron chi connectivity index (χ4n) is 2.05. The number of nitrogens with zero attached hydrogens (tertiary/aromatic N) is 1. The predicted octanol–water partition coefficient (Wildman–Crippen LogP) is 2.43. The lowest BCUT2D eigenvalue weighted by Crippen LogP contribution is -2.39. The van der Waals surface area contributed by atoms with Crippen molar-refractivity contribution in [3.8, 4) is 11.5 Å².